The predicted molar refractivity (Wildman–Crippen MR) is 50.1 cm³/mol. The van der Waals surface area contributed by atoms with Gasteiger partial charge in [-0.25, -0.2) is 0 Å². The van der Waals surface area contributed by atoms with Crippen molar-refractivity contribution in [1.82, 2.24) is 0 Å². The minimum absolute atomic E-state index is 0.589. The number of hydrogen-bond acceptors (Lipinski definition) is 3. The summed E-state index contributed by atoms with van der Waals surface area (Å²) >= 11 is 0. The van der Waals surface area contributed by atoms with E-state index in [1.807, 2.05) is 0 Å². The predicted octanol–water partition coefficient (Wildman–Crippen LogP) is 1.02. The van der Waals surface area contributed by atoms with Crippen LogP contribution in [0.5, 0.6) is 0 Å². The Balaban J connectivity index is 2.82. The zero-order valence-corrected chi connectivity index (χ0v) is 8.21. The lowest BCUT2D eigenvalue weighted by Gasteiger charge is -2.06. The Bertz CT molecular complexity index is 86.6. The van der Waals surface area contributed by atoms with Gasteiger partial charge in [0.1, 0.15) is 0 Å². The molecule has 3 heteroatoms. The third kappa shape index (κ3) is 9.88. The quantitative estimate of drug-likeness (QED) is 0.560. The molecule has 0 fully saturated rings. The van der Waals surface area contributed by atoms with Gasteiger partial charge < -0.3 is 15.2 Å². The van der Waals surface area contributed by atoms with Crippen LogP contribution in [0.2, 0.25) is 0 Å². The molecule has 0 bridgehead atoms. The zero-order valence-electron chi connectivity index (χ0n) is 8.21. The van der Waals surface area contributed by atoms with Crippen LogP contribution in [0.4, 0.5) is 0 Å². The van der Waals surface area contributed by atoms with E-state index >= 15 is 0 Å². The van der Waals surface area contributed by atoms with E-state index in [0.29, 0.717) is 26.4 Å². The first-order valence-electron chi connectivity index (χ1n) is 4.63. The molecular weight excluding hydrogens is 154 g/mol. The van der Waals surface area contributed by atoms with Gasteiger partial charge in [0.05, 0.1) is 19.8 Å². The van der Waals surface area contributed by atoms with E-state index in [-0.39, 0.29) is 0 Å². The SMILES string of the molecule is CC(C)CCOCCOCCN. The van der Waals surface area contributed by atoms with Crippen molar-refractivity contribution in [2.24, 2.45) is 11.7 Å². The van der Waals surface area contributed by atoms with Crippen LogP contribution in [0, 0.1) is 5.92 Å². The van der Waals surface area contributed by atoms with E-state index in [9.17, 15) is 0 Å². The van der Waals surface area contributed by atoms with Crippen LogP contribution < -0.4 is 5.73 Å². The van der Waals surface area contributed by atoms with E-state index < -0.39 is 0 Å². The summed E-state index contributed by atoms with van der Waals surface area (Å²) in [5.41, 5.74) is 5.24. The monoisotopic (exact) mass is 175 g/mol. The summed E-state index contributed by atoms with van der Waals surface area (Å²) in [4.78, 5) is 0. The lowest BCUT2D eigenvalue weighted by atomic mass is 10.1. The molecule has 0 rings (SSSR count). The van der Waals surface area contributed by atoms with Crippen molar-refractivity contribution in [3.8, 4) is 0 Å². The number of ether oxygens (including phenoxy) is 2. The van der Waals surface area contributed by atoms with Gasteiger partial charge in [0.25, 0.3) is 0 Å². The fraction of sp³-hybridized carbons (Fsp3) is 1.00. The lowest BCUT2D eigenvalue weighted by molar-refractivity contribution is 0.0468. The molecule has 0 aliphatic rings. The van der Waals surface area contributed by atoms with Crippen LogP contribution in [0.1, 0.15) is 20.3 Å². The molecule has 0 aliphatic carbocycles. The standard InChI is InChI=1S/C9H21NO2/c1-9(2)3-5-11-7-8-12-6-4-10/h9H,3-8,10H2,1-2H3. The molecule has 0 unspecified atom stereocenters. The Morgan fingerprint density at radius 3 is 2.08 bits per heavy atom. The third-order valence-electron chi connectivity index (χ3n) is 1.47. The van der Waals surface area contributed by atoms with Crippen LogP contribution in [-0.4, -0.2) is 33.0 Å². The first-order chi connectivity index (χ1) is 5.77. The molecule has 0 heterocycles. The Morgan fingerprint density at radius 2 is 1.58 bits per heavy atom. The number of hydrogen-bond donors (Lipinski definition) is 1. The average Bonchev–Trinajstić information content (AvgIpc) is 2.02. The Labute approximate surface area is 75.2 Å². The van der Waals surface area contributed by atoms with Gasteiger partial charge in [-0.15, -0.1) is 0 Å². The maximum atomic E-state index is 5.33. The van der Waals surface area contributed by atoms with Gasteiger partial charge in [0.2, 0.25) is 0 Å². The summed E-state index contributed by atoms with van der Waals surface area (Å²) in [5.74, 6) is 0.718. The molecule has 0 radical (unpaired) electrons. The van der Waals surface area contributed by atoms with Crippen LogP contribution in [0.3, 0.4) is 0 Å². The number of rotatable bonds is 8. The molecule has 0 amide bonds. The van der Waals surface area contributed by atoms with Crippen molar-refractivity contribution in [2.75, 3.05) is 33.0 Å². The summed E-state index contributed by atoms with van der Waals surface area (Å²) in [6, 6.07) is 0. The van der Waals surface area contributed by atoms with Gasteiger partial charge in [0, 0.05) is 13.2 Å². The Hall–Kier alpha value is -0.120. The van der Waals surface area contributed by atoms with Gasteiger partial charge in [0.15, 0.2) is 0 Å². The fourth-order valence-electron chi connectivity index (χ4n) is 0.724. The van der Waals surface area contributed by atoms with Crippen LogP contribution >= 0.6 is 0 Å². The highest BCUT2D eigenvalue weighted by atomic mass is 16.5. The summed E-state index contributed by atoms with van der Waals surface area (Å²) in [6.07, 6.45) is 1.12. The van der Waals surface area contributed by atoms with Crippen molar-refractivity contribution >= 4 is 0 Å². The minimum Gasteiger partial charge on any atom is -0.379 e. The first kappa shape index (κ1) is 11.9. The molecule has 12 heavy (non-hydrogen) atoms. The second kappa shape index (κ2) is 8.97. The third-order valence-corrected chi connectivity index (χ3v) is 1.47. The molecule has 0 saturated carbocycles. The van der Waals surface area contributed by atoms with Crippen molar-refractivity contribution in [1.29, 1.82) is 0 Å². The molecule has 0 aromatic heterocycles. The van der Waals surface area contributed by atoms with Gasteiger partial charge in [-0.1, -0.05) is 13.8 Å². The van der Waals surface area contributed by atoms with Gasteiger partial charge in [-0.2, -0.15) is 0 Å². The van der Waals surface area contributed by atoms with Crippen LogP contribution in [0.25, 0.3) is 0 Å². The molecular formula is C9H21NO2. The van der Waals surface area contributed by atoms with E-state index in [4.69, 9.17) is 15.2 Å². The highest BCUT2D eigenvalue weighted by molar-refractivity contribution is 4.42. The molecule has 0 aromatic carbocycles. The van der Waals surface area contributed by atoms with Gasteiger partial charge in [-0.05, 0) is 12.3 Å². The summed E-state index contributed by atoms with van der Waals surface area (Å²) < 4.78 is 10.5. The molecule has 0 aliphatic heterocycles. The maximum absolute atomic E-state index is 5.33. The van der Waals surface area contributed by atoms with Gasteiger partial charge >= 0.3 is 0 Å². The molecule has 2 N–H and O–H groups in total. The summed E-state index contributed by atoms with van der Waals surface area (Å²) in [7, 11) is 0. The molecule has 0 saturated heterocycles. The van der Waals surface area contributed by atoms with Gasteiger partial charge in [-0.3, -0.25) is 0 Å². The lowest BCUT2D eigenvalue weighted by Crippen LogP contribution is -2.12. The summed E-state index contributed by atoms with van der Waals surface area (Å²) in [5, 5.41) is 0. The highest BCUT2D eigenvalue weighted by Crippen LogP contribution is 1.98. The molecule has 3 nitrogen and oxygen atoms in total. The fourth-order valence-corrected chi connectivity index (χ4v) is 0.724. The summed E-state index contributed by atoms with van der Waals surface area (Å²) in [6.45, 7) is 7.79. The molecule has 74 valence electrons. The van der Waals surface area contributed by atoms with Crippen LogP contribution in [0.15, 0.2) is 0 Å². The number of nitrogens with two attached hydrogens (primary N) is 1. The van der Waals surface area contributed by atoms with Crippen molar-refractivity contribution in [2.45, 2.75) is 20.3 Å². The first-order valence-corrected chi connectivity index (χ1v) is 4.63. The normalized spacial score (nSPS) is 11.0. The molecule has 0 spiro atoms. The van der Waals surface area contributed by atoms with E-state index in [1.54, 1.807) is 0 Å². The van der Waals surface area contributed by atoms with E-state index in [0.717, 1.165) is 18.9 Å². The largest absolute Gasteiger partial charge is 0.379 e. The maximum Gasteiger partial charge on any atom is 0.0701 e. The van der Waals surface area contributed by atoms with Crippen LogP contribution in [-0.2, 0) is 9.47 Å². The molecule has 0 aromatic rings. The van der Waals surface area contributed by atoms with Crippen molar-refractivity contribution in [3.05, 3.63) is 0 Å². The topological polar surface area (TPSA) is 44.5 Å². The second-order valence-electron chi connectivity index (χ2n) is 3.20. The molecule has 0 atom stereocenters. The van der Waals surface area contributed by atoms with Crippen molar-refractivity contribution < 1.29 is 9.47 Å². The van der Waals surface area contributed by atoms with E-state index in [2.05, 4.69) is 13.8 Å². The Kier molecular flexibility index (Phi) is 8.88. The average molecular weight is 175 g/mol. The zero-order chi connectivity index (χ0) is 9.23. The smallest absolute Gasteiger partial charge is 0.0701 e. The van der Waals surface area contributed by atoms with E-state index in [1.165, 1.54) is 0 Å². The second-order valence-corrected chi connectivity index (χ2v) is 3.20. The van der Waals surface area contributed by atoms with Crippen molar-refractivity contribution in [3.63, 3.8) is 0 Å². The Morgan fingerprint density at radius 1 is 1.00 bits per heavy atom. The highest BCUT2D eigenvalue weighted by Gasteiger charge is 1.93. The minimum atomic E-state index is 0.589.